The number of Topliss-reactive ketones (excluding diaryl/α,β-unsaturated/α-hetero) is 2. The van der Waals surface area contributed by atoms with E-state index in [1.165, 1.54) is 0 Å². The number of allylic oxidation sites excluding steroid dienone is 1. The third kappa shape index (κ3) is 16.5. The van der Waals surface area contributed by atoms with Crippen molar-refractivity contribution in [3.8, 4) is 0 Å². The van der Waals surface area contributed by atoms with E-state index >= 15 is 0 Å². The number of hydrogen-bond donors (Lipinski definition) is 0. The molecule has 0 rings (SSSR count). The highest BCUT2D eigenvalue weighted by atomic mass is 19.4. The Kier molecular flexibility index (Phi) is 14.4. The van der Waals surface area contributed by atoms with E-state index in [9.17, 15) is 27.6 Å². The smallest absolute Gasteiger partial charge is 0.303 e. The van der Waals surface area contributed by atoms with Crippen LogP contribution in [0.2, 0.25) is 0 Å². The van der Waals surface area contributed by atoms with Crippen LogP contribution >= 0.6 is 0 Å². The highest BCUT2D eigenvalue weighted by Crippen LogP contribution is 2.23. The van der Waals surface area contributed by atoms with E-state index in [-0.39, 0.29) is 19.5 Å². The van der Waals surface area contributed by atoms with E-state index in [1.54, 1.807) is 6.92 Å². The predicted octanol–water partition coefficient (Wildman–Crippen LogP) is 4.30. The van der Waals surface area contributed by atoms with Gasteiger partial charge in [0.25, 0.3) is 0 Å². The molecule has 0 saturated carbocycles. The van der Waals surface area contributed by atoms with Crippen molar-refractivity contribution in [3.05, 3.63) is 12.2 Å². The quantitative estimate of drug-likeness (QED) is 0.400. The summed E-state index contributed by atoms with van der Waals surface area (Å²) < 4.78 is 34.8. The van der Waals surface area contributed by atoms with E-state index < -0.39 is 30.7 Å². The van der Waals surface area contributed by atoms with Gasteiger partial charge in [0.15, 0.2) is 5.78 Å². The molecule has 0 radical (unpaired) electrons. The van der Waals surface area contributed by atoms with Gasteiger partial charge in [-0.25, -0.2) is 0 Å². The maximum absolute atomic E-state index is 11.6. The van der Waals surface area contributed by atoms with E-state index in [4.69, 9.17) is 0 Å². The molecule has 0 fully saturated rings. The van der Waals surface area contributed by atoms with Crippen molar-refractivity contribution in [2.75, 3.05) is 0 Å². The summed E-state index contributed by atoms with van der Waals surface area (Å²) >= 11 is 0. The van der Waals surface area contributed by atoms with E-state index in [0.29, 0.717) is 0 Å². The topological polar surface area (TPSA) is 51.2 Å². The Hall–Kier alpha value is -1.46. The van der Waals surface area contributed by atoms with Crippen LogP contribution in [0.5, 0.6) is 0 Å². The van der Waals surface area contributed by atoms with Gasteiger partial charge in [-0.15, -0.1) is 0 Å². The van der Waals surface area contributed by atoms with Crippen LogP contribution in [0.15, 0.2) is 12.2 Å². The number of carbonyl (C=O) groups excluding carboxylic acids is 3. The number of aldehydes is 1. The van der Waals surface area contributed by atoms with Gasteiger partial charge >= 0.3 is 6.18 Å². The molecule has 1 atom stereocenters. The van der Waals surface area contributed by atoms with Gasteiger partial charge in [0.2, 0.25) is 0 Å². The molecule has 1 unspecified atom stereocenters. The molecule has 0 aliphatic heterocycles. The molecule has 3 nitrogen and oxygen atoms in total. The fourth-order valence-corrected chi connectivity index (χ4v) is 1.16. The van der Waals surface area contributed by atoms with Gasteiger partial charge in [-0.3, -0.25) is 9.59 Å². The van der Waals surface area contributed by atoms with Crippen LogP contribution in [0.3, 0.4) is 0 Å². The van der Waals surface area contributed by atoms with Crippen molar-refractivity contribution >= 4 is 17.9 Å². The van der Waals surface area contributed by atoms with Gasteiger partial charge in [-0.05, 0) is 32.3 Å². The van der Waals surface area contributed by atoms with Crippen molar-refractivity contribution in [2.45, 2.75) is 60.1 Å². The second-order valence-corrected chi connectivity index (χ2v) is 4.42. The zero-order valence-electron chi connectivity index (χ0n) is 12.0. The Balaban J connectivity index is -0.000000317. The highest BCUT2D eigenvalue weighted by molar-refractivity contribution is 5.92. The summed E-state index contributed by atoms with van der Waals surface area (Å²) in [5, 5.41) is 0. The predicted molar refractivity (Wildman–Crippen MR) is 77.0 cm³/mol. The molecule has 0 aliphatic carbocycles. The van der Waals surface area contributed by atoms with Crippen LogP contribution in [0.4, 0.5) is 13.2 Å². The van der Waals surface area contributed by atoms with Crippen LogP contribution in [-0.2, 0) is 14.4 Å². The van der Waals surface area contributed by atoms with Gasteiger partial charge < -0.3 is 4.79 Å². The molecule has 124 valence electrons. The molecule has 0 spiro atoms. The minimum Gasteiger partial charge on any atom is -0.303 e. The molecule has 0 aromatic heterocycles. The first-order chi connectivity index (χ1) is 9.05. The molecule has 21 heavy (non-hydrogen) atoms. The monoisotopic (exact) mass is 310 g/mol. The lowest BCUT2D eigenvalue weighted by atomic mass is 10.0. The number of halogens is 3. The third-order valence-electron chi connectivity index (χ3n) is 2.47. The standard InChI is InChI=1S/C7H9F3O2.C7H12O.CH4/c1-5(12)6(4-11)2-3-7(8,9)10;1-4-5-6(2)7(3)8;/h4,6H,2-3H2,1H3;2,4-5H2,1,3H3;1H4. The Morgan fingerprint density at radius 3 is 1.90 bits per heavy atom. The first-order valence-corrected chi connectivity index (χ1v) is 6.26. The highest BCUT2D eigenvalue weighted by Gasteiger charge is 2.29. The lowest BCUT2D eigenvalue weighted by molar-refractivity contribution is -0.141. The van der Waals surface area contributed by atoms with Gasteiger partial charge in [-0.1, -0.05) is 27.4 Å². The normalized spacial score (nSPS) is 11.3. The Labute approximate surface area is 124 Å². The van der Waals surface area contributed by atoms with Crippen molar-refractivity contribution in [3.63, 3.8) is 0 Å². The summed E-state index contributed by atoms with van der Waals surface area (Å²) in [7, 11) is 0. The zero-order valence-corrected chi connectivity index (χ0v) is 12.0. The number of alkyl halides is 3. The molecule has 0 aromatic carbocycles. The number of hydrogen-bond acceptors (Lipinski definition) is 3. The van der Waals surface area contributed by atoms with Crippen LogP contribution in [-0.4, -0.2) is 24.0 Å². The Morgan fingerprint density at radius 2 is 1.71 bits per heavy atom. The Bertz CT molecular complexity index is 347. The molecule has 0 aromatic rings. The first kappa shape index (κ1) is 24.6. The van der Waals surface area contributed by atoms with Gasteiger partial charge in [0.1, 0.15) is 12.1 Å². The molecule has 0 saturated heterocycles. The van der Waals surface area contributed by atoms with Crippen LogP contribution in [0.1, 0.15) is 53.9 Å². The van der Waals surface area contributed by atoms with Crippen molar-refractivity contribution in [2.24, 2.45) is 5.92 Å². The minimum atomic E-state index is -4.29. The van der Waals surface area contributed by atoms with Crippen molar-refractivity contribution in [1.29, 1.82) is 0 Å². The average molecular weight is 310 g/mol. The molecule has 0 bridgehead atoms. The van der Waals surface area contributed by atoms with Crippen LogP contribution in [0, 0.1) is 5.92 Å². The molecular weight excluding hydrogens is 285 g/mol. The minimum absolute atomic E-state index is 0. The summed E-state index contributed by atoms with van der Waals surface area (Å²) in [5.74, 6) is -1.51. The first-order valence-electron chi connectivity index (χ1n) is 6.26. The summed E-state index contributed by atoms with van der Waals surface area (Å²) in [6.07, 6.45) is -3.71. The number of carbonyl (C=O) groups is 3. The van der Waals surface area contributed by atoms with E-state index in [0.717, 1.165) is 25.3 Å². The van der Waals surface area contributed by atoms with Gasteiger partial charge in [0.05, 0.1) is 5.92 Å². The van der Waals surface area contributed by atoms with Crippen LogP contribution in [0.25, 0.3) is 0 Å². The van der Waals surface area contributed by atoms with Gasteiger partial charge in [0, 0.05) is 6.42 Å². The second kappa shape index (κ2) is 12.3. The van der Waals surface area contributed by atoms with Gasteiger partial charge in [-0.2, -0.15) is 13.2 Å². The SMILES string of the molecule is C.C=C(CCC)C(C)=O.CC(=O)C(C=O)CCC(F)(F)F. The van der Waals surface area contributed by atoms with E-state index in [2.05, 4.69) is 6.58 Å². The van der Waals surface area contributed by atoms with Crippen molar-refractivity contribution in [1.82, 2.24) is 0 Å². The van der Waals surface area contributed by atoms with Crippen LogP contribution < -0.4 is 0 Å². The molecule has 0 heterocycles. The van der Waals surface area contributed by atoms with E-state index in [1.807, 2.05) is 6.92 Å². The zero-order chi connectivity index (χ0) is 16.3. The maximum atomic E-state index is 11.6. The summed E-state index contributed by atoms with van der Waals surface area (Å²) in [6, 6.07) is 0. The van der Waals surface area contributed by atoms with Crippen molar-refractivity contribution < 1.29 is 27.6 Å². The number of ketones is 2. The lowest BCUT2D eigenvalue weighted by Gasteiger charge is -2.08. The third-order valence-corrected chi connectivity index (χ3v) is 2.47. The maximum Gasteiger partial charge on any atom is 0.389 e. The summed E-state index contributed by atoms with van der Waals surface area (Å²) in [6.45, 7) is 8.29. The molecule has 0 aliphatic rings. The molecule has 6 heteroatoms. The molecule has 0 N–H and O–H groups in total. The Morgan fingerprint density at radius 1 is 1.24 bits per heavy atom. The average Bonchev–Trinajstić information content (AvgIpc) is 2.28. The molecule has 0 amide bonds. The summed E-state index contributed by atoms with van der Waals surface area (Å²) in [5.41, 5.74) is 0.743. The fraction of sp³-hybridized carbons (Fsp3) is 0.667. The molecular formula is C15H25F3O3. The summed E-state index contributed by atoms with van der Waals surface area (Å²) in [4.78, 5) is 31.0. The second-order valence-electron chi connectivity index (χ2n) is 4.42. The fourth-order valence-electron chi connectivity index (χ4n) is 1.16. The lowest BCUT2D eigenvalue weighted by Crippen LogP contribution is -2.17. The number of rotatable bonds is 7. The largest absolute Gasteiger partial charge is 0.389 e.